The van der Waals surface area contributed by atoms with Crippen LogP contribution in [0.25, 0.3) is 10.9 Å². The van der Waals surface area contributed by atoms with Crippen LogP contribution in [0.2, 0.25) is 0 Å². The molecule has 0 aliphatic carbocycles. The van der Waals surface area contributed by atoms with Crippen molar-refractivity contribution in [2.45, 2.75) is 25.8 Å². The van der Waals surface area contributed by atoms with E-state index in [1.807, 2.05) is 35.2 Å². The zero-order valence-corrected chi connectivity index (χ0v) is 15.4. The number of carbonyl (C=O) groups excluding carboxylic acids is 1. The minimum Gasteiger partial charge on any atom is -0.497 e. The molecule has 1 aromatic heterocycles. The maximum atomic E-state index is 13.4. The summed E-state index contributed by atoms with van der Waals surface area (Å²) in [6.45, 7) is 2.52. The van der Waals surface area contributed by atoms with Crippen LogP contribution in [0.4, 0.5) is 4.39 Å². The third-order valence-corrected chi connectivity index (χ3v) is 5.21. The zero-order chi connectivity index (χ0) is 19.0. The van der Waals surface area contributed by atoms with E-state index in [1.54, 1.807) is 20.1 Å². The fourth-order valence-electron chi connectivity index (χ4n) is 3.79. The van der Waals surface area contributed by atoms with Gasteiger partial charge in [0.05, 0.1) is 29.9 Å². The average Bonchev–Trinajstić information content (AvgIpc) is 3.16. The van der Waals surface area contributed by atoms with Crippen LogP contribution in [0.1, 0.15) is 40.5 Å². The molecule has 2 heterocycles. The van der Waals surface area contributed by atoms with Gasteiger partial charge in [-0.1, -0.05) is 12.1 Å². The predicted octanol–water partition coefficient (Wildman–Crippen LogP) is 4.67. The maximum Gasteiger partial charge on any atom is 0.256 e. The van der Waals surface area contributed by atoms with Crippen LogP contribution in [0.5, 0.6) is 5.75 Å². The highest BCUT2D eigenvalue weighted by Crippen LogP contribution is 2.34. The Bertz CT molecular complexity index is 1000. The molecule has 0 bridgehead atoms. The van der Waals surface area contributed by atoms with E-state index in [1.165, 1.54) is 12.1 Å². The Balaban J connectivity index is 1.67. The number of ether oxygens (including phenoxy) is 1. The molecule has 0 radical (unpaired) electrons. The first-order valence-electron chi connectivity index (χ1n) is 9.08. The Morgan fingerprint density at radius 3 is 2.70 bits per heavy atom. The number of pyridine rings is 1. The second kappa shape index (κ2) is 6.99. The summed E-state index contributed by atoms with van der Waals surface area (Å²) in [6.07, 6.45) is 1.90. The topological polar surface area (TPSA) is 42.4 Å². The molecule has 0 spiro atoms. The maximum absolute atomic E-state index is 13.4. The molecule has 1 aliphatic rings. The molecule has 4 rings (SSSR count). The SMILES string of the molecule is COc1ccc([C@@H]2CCCN2C(=O)c2cc3ccc(F)cc3nc2C)cc1. The van der Waals surface area contributed by atoms with Crippen molar-refractivity contribution < 1.29 is 13.9 Å². The van der Waals surface area contributed by atoms with E-state index >= 15 is 0 Å². The molecular formula is C22H21FN2O2. The molecule has 4 nitrogen and oxygen atoms in total. The lowest BCUT2D eigenvalue weighted by molar-refractivity contribution is 0.0734. The first-order valence-corrected chi connectivity index (χ1v) is 9.08. The molecule has 0 N–H and O–H groups in total. The van der Waals surface area contributed by atoms with Crippen molar-refractivity contribution in [3.8, 4) is 5.75 Å². The van der Waals surface area contributed by atoms with Crippen molar-refractivity contribution in [2.24, 2.45) is 0 Å². The van der Waals surface area contributed by atoms with Crippen LogP contribution in [-0.2, 0) is 0 Å². The Morgan fingerprint density at radius 2 is 1.96 bits per heavy atom. The van der Waals surface area contributed by atoms with Gasteiger partial charge in [-0.25, -0.2) is 4.39 Å². The second-order valence-electron chi connectivity index (χ2n) is 6.89. The highest BCUT2D eigenvalue weighted by Gasteiger charge is 2.31. The Labute approximate surface area is 157 Å². The van der Waals surface area contributed by atoms with E-state index in [2.05, 4.69) is 4.98 Å². The van der Waals surface area contributed by atoms with E-state index in [4.69, 9.17) is 4.74 Å². The molecule has 0 unspecified atom stereocenters. The van der Waals surface area contributed by atoms with E-state index in [-0.39, 0.29) is 17.8 Å². The third-order valence-electron chi connectivity index (χ3n) is 5.21. The Kier molecular flexibility index (Phi) is 4.52. The van der Waals surface area contributed by atoms with Crippen LogP contribution in [0.3, 0.4) is 0 Å². The van der Waals surface area contributed by atoms with Crippen molar-refractivity contribution in [2.75, 3.05) is 13.7 Å². The van der Waals surface area contributed by atoms with Gasteiger partial charge in [0.1, 0.15) is 11.6 Å². The number of likely N-dealkylation sites (tertiary alicyclic amines) is 1. The van der Waals surface area contributed by atoms with Gasteiger partial charge in [0.2, 0.25) is 0 Å². The van der Waals surface area contributed by atoms with E-state index in [9.17, 15) is 9.18 Å². The van der Waals surface area contributed by atoms with Crippen molar-refractivity contribution in [1.29, 1.82) is 0 Å². The highest BCUT2D eigenvalue weighted by molar-refractivity contribution is 5.99. The lowest BCUT2D eigenvalue weighted by Crippen LogP contribution is -2.31. The summed E-state index contributed by atoms with van der Waals surface area (Å²) in [7, 11) is 1.64. The molecule has 2 aromatic carbocycles. The van der Waals surface area contributed by atoms with Gasteiger partial charge in [-0.2, -0.15) is 0 Å². The van der Waals surface area contributed by atoms with Crippen molar-refractivity contribution in [1.82, 2.24) is 9.88 Å². The Hall–Kier alpha value is -2.95. The fourth-order valence-corrected chi connectivity index (χ4v) is 3.79. The van der Waals surface area contributed by atoms with E-state index in [0.717, 1.165) is 36.1 Å². The third kappa shape index (κ3) is 3.25. The molecule has 1 fully saturated rings. The standard InChI is InChI=1S/C22H21FN2O2/c1-14-19(12-16-5-8-17(23)13-20(16)24-14)22(26)25-11-3-4-21(25)15-6-9-18(27-2)10-7-15/h5-10,12-13,21H,3-4,11H2,1-2H3/t21-/m0/s1. The van der Waals surface area contributed by atoms with Crippen molar-refractivity contribution in [3.63, 3.8) is 0 Å². The van der Waals surface area contributed by atoms with Gasteiger partial charge in [0, 0.05) is 18.0 Å². The number of rotatable bonds is 3. The van der Waals surface area contributed by atoms with E-state index < -0.39 is 0 Å². The fraction of sp³-hybridized carbons (Fsp3) is 0.273. The summed E-state index contributed by atoms with van der Waals surface area (Å²) < 4.78 is 18.7. The summed E-state index contributed by atoms with van der Waals surface area (Å²) in [6, 6.07) is 14.2. The largest absolute Gasteiger partial charge is 0.497 e. The van der Waals surface area contributed by atoms with Crippen LogP contribution in [0.15, 0.2) is 48.5 Å². The summed E-state index contributed by atoms with van der Waals surface area (Å²) in [5.41, 5.74) is 2.88. The lowest BCUT2D eigenvalue weighted by Gasteiger charge is -2.26. The van der Waals surface area contributed by atoms with Crippen LogP contribution in [0, 0.1) is 12.7 Å². The van der Waals surface area contributed by atoms with Gasteiger partial charge in [0.15, 0.2) is 0 Å². The number of hydrogen-bond acceptors (Lipinski definition) is 3. The normalized spacial score (nSPS) is 16.7. The number of aryl methyl sites for hydroxylation is 1. The van der Waals surface area contributed by atoms with Crippen molar-refractivity contribution in [3.05, 3.63) is 71.2 Å². The van der Waals surface area contributed by atoms with Crippen molar-refractivity contribution >= 4 is 16.8 Å². The molecule has 27 heavy (non-hydrogen) atoms. The molecule has 3 aromatic rings. The summed E-state index contributed by atoms with van der Waals surface area (Å²) in [4.78, 5) is 19.6. The molecule has 0 saturated carbocycles. The predicted molar refractivity (Wildman–Crippen MR) is 102 cm³/mol. The second-order valence-corrected chi connectivity index (χ2v) is 6.89. The molecular weight excluding hydrogens is 343 g/mol. The van der Waals surface area contributed by atoms with Gasteiger partial charge in [-0.3, -0.25) is 9.78 Å². The number of halogens is 1. The minimum atomic E-state index is -0.326. The van der Waals surface area contributed by atoms with Gasteiger partial charge in [-0.15, -0.1) is 0 Å². The molecule has 1 amide bonds. The summed E-state index contributed by atoms with van der Waals surface area (Å²) >= 11 is 0. The number of carbonyl (C=O) groups is 1. The molecule has 1 aliphatic heterocycles. The molecule has 1 atom stereocenters. The van der Waals surface area contributed by atoms with Crippen LogP contribution in [-0.4, -0.2) is 29.4 Å². The number of aromatic nitrogens is 1. The zero-order valence-electron chi connectivity index (χ0n) is 15.4. The molecule has 1 saturated heterocycles. The van der Waals surface area contributed by atoms with Gasteiger partial charge in [0.25, 0.3) is 5.91 Å². The number of amides is 1. The van der Waals surface area contributed by atoms with Gasteiger partial charge >= 0.3 is 0 Å². The summed E-state index contributed by atoms with van der Waals surface area (Å²) in [5, 5.41) is 0.769. The number of methoxy groups -OCH3 is 1. The minimum absolute atomic E-state index is 0.0236. The lowest BCUT2D eigenvalue weighted by atomic mass is 10.0. The first kappa shape index (κ1) is 17.5. The number of benzene rings is 2. The van der Waals surface area contributed by atoms with E-state index in [0.29, 0.717) is 16.8 Å². The van der Waals surface area contributed by atoms with Crippen LogP contribution < -0.4 is 4.74 Å². The smallest absolute Gasteiger partial charge is 0.256 e. The molecule has 5 heteroatoms. The monoisotopic (exact) mass is 364 g/mol. The Morgan fingerprint density at radius 1 is 1.19 bits per heavy atom. The van der Waals surface area contributed by atoms with Crippen LogP contribution >= 0.6 is 0 Å². The number of fused-ring (bicyclic) bond motifs is 1. The number of hydrogen-bond donors (Lipinski definition) is 0. The molecule has 138 valence electrons. The summed E-state index contributed by atoms with van der Waals surface area (Å²) in [5.74, 6) is 0.452. The average molecular weight is 364 g/mol. The highest BCUT2D eigenvalue weighted by atomic mass is 19.1. The van der Waals surface area contributed by atoms with Gasteiger partial charge < -0.3 is 9.64 Å². The quantitative estimate of drug-likeness (QED) is 0.678. The number of nitrogens with zero attached hydrogens (tertiary/aromatic N) is 2. The van der Waals surface area contributed by atoms with Gasteiger partial charge in [-0.05, 0) is 55.7 Å². The first-order chi connectivity index (χ1) is 13.1.